The van der Waals surface area contributed by atoms with Gasteiger partial charge in [0, 0.05) is 24.2 Å². The Kier molecular flexibility index (Phi) is 6.40. The van der Waals surface area contributed by atoms with Gasteiger partial charge in [0.15, 0.2) is 5.13 Å². The van der Waals surface area contributed by atoms with E-state index in [4.69, 9.17) is 4.74 Å². The van der Waals surface area contributed by atoms with Gasteiger partial charge in [-0.25, -0.2) is 4.98 Å². The third kappa shape index (κ3) is 4.66. The number of ether oxygens (including phenoxy) is 1. The predicted octanol–water partition coefficient (Wildman–Crippen LogP) is 5.50. The van der Waals surface area contributed by atoms with E-state index < -0.39 is 0 Å². The van der Waals surface area contributed by atoms with E-state index >= 15 is 0 Å². The first kappa shape index (κ1) is 20.8. The maximum absolute atomic E-state index is 12.8. The molecule has 0 bridgehead atoms. The standard InChI is InChI=1S/C25H23N3O2S/c1-3-15-26-16-17-9-11-19(12-10-17)24(29)28-25-27-22-21(30-2)14-13-20(23(22)31-25)18-7-5-4-6-8-18/h3-14,26H,1,15-16H2,2H3,(H,27,28,29). The van der Waals surface area contributed by atoms with Crippen LogP contribution in [0.2, 0.25) is 0 Å². The molecule has 5 nitrogen and oxygen atoms in total. The zero-order chi connectivity index (χ0) is 21.6. The summed E-state index contributed by atoms with van der Waals surface area (Å²) in [5.74, 6) is 0.493. The third-order valence-corrected chi connectivity index (χ3v) is 5.87. The molecule has 1 heterocycles. The minimum Gasteiger partial charge on any atom is -0.494 e. The van der Waals surface area contributed by atoms with Crippen molar-refractivity contribution >= 4 is 32.6 Å². The van der Waals surface area contributed by atoms with Crippen molar-refractivity contribution in [1.82, 2.24) is 10.3 Å². The molecule has 3 aromatic carbocycles. The number of fused-ring (bicyclic) bond motifs is 1. The van der Waals surface area contributed by atoms with Crippen LogP contribution in [-0.4, -0.2) is 24.5 Å². The molecule has 4 aromatic rings. The molecule has 0 fully saturated rings. The number of nitrogens with zero attached hydrogens (tertiary/aromatic N) is 1. The van der Waals surface area contributed by atoms with Gasteiger partial charge in [0.05, 0.1) is 11.8 Å². The molecule has 0 aliphatic rings. The van der Waals surface area contributed by atoms with Crippen LogP contribution in [-0.2, 0) is 6.54 Å². The molecule has 1 amide bonds. The molecule has 1 aromatic heterocycles. The van der Waals surface area contributed by atoms with Crippen molar-refractivity contribution in [3.8, 4) is 16.9 Å². The zero-order valence-electron chi connectivity index (χ0n) is 17.2. The molecule has 156 valence electrons. The van der Waals surface area contributed by atoms with Gasteiger partial charge in [-0.05, 0) is 35.4 Å². The number of rotatable bonds is 8. The maximum Gasteiger partial charge on any atom is 0.257 e. The van der Waals surface area contributed by atoms with E-state index in [0.717, 1.165) is 40.0 Å². The van der Waals surface area contributed by atoms with Gasteiger partial charge in [-0.15, -0.1) is 6.58 Å². The Morgan fingerprint density at radius 3 is 2.58 bits per heavy atom. The van der Waals surface area contributed by atoms with Crippen molar-refractivity contribution in [2.24, 2.45) is 0 Å². The van der Waals surface area contributed by atoms with Crippen molar-refractivity contribution in [3.05, 3.63) is 90.5 Å². The van der Waals surface area contributed by atoms with Gasteiger partial charge in [-0.2, -0.15) is 0 Å². The topological polar surface area (TPSA) is 63.2 Å². The van der Waals surface area contributed by atoms with Crippen molar-refractivity contribution in [2.45, 2.75) is 6.54 Å². The summed E-state index contributed by atoms with van der Waals surface area (Å²) in [7, 11) is 1.63. The molecular formula is C25H23N3O2S. The van der Waals surface area contributed by atoms with E-state index in [9.17, 15) is 4.79 Å². The Morgan fingerprint density at radius 2 is 1.87 bits per heavy atom. The smallest absolute Gasteiger partial charge is 0.257 e. The van der Waals surface area contributed by atoms with E-state index in [1.54, 1.807) is 7.11 Å². The van der Waals surface area contributed by atoms with E-state index in [-0.39, 0.29) is 5.91 Å². The Balaban J connectivity index is 1.58. The molecule has 0 saturated heterocycles. The highest BCUT2D eigenvalue weighted by molar-refractivity contribution is 7.23. The normalized spacial score (nSPS) is 10.7. The van der Waals surface area contributed by atoms with Gasteiger partial charge in [0.1, 0.15) is 11.3 Å². The Bertz CT molecular complexity index is 1200. The molecule has 0 aliphatic heterocycles. The lowest BCUT2D eigenvalue weighted by Gasteiger charge is -2.05. The van der Waals surface area contributed by atoms with Crippen LogP contribution in [0.3, 0.4) is 0 Å². The number of amides is 1. The second kappa shape index (κ2) is 9.55. The van der Waals surface area contributed by atoms with Crippen molar-refractivity contribution in [2.75, 3.05) is 19.0 Å². The lowest BCUT2D eigenvalue weighted by molar-refractivity contribution is 0.102. The van der Waals surface area contributed by atoms with E-state index in [1.165, 1.54) is 11.3 Å². The van der Waals surface area contributed by atoms with Crippen LogP contribution in [0, 0.1) is 0 Å². The third-order valence-electron chi connectivity index (χ3n) is 4.87. The number of carbonyl (C=O) groups is 1. The first-order chi connectivity index (χ1) is 15.2. The average Bonchev–Trinajstić information content (AvgIpc) is 3.23. The highest BCUT2D eigenvalue weighted by atomic mass is 32.1. The molecule has 0 spiro atoms. The highest BCUT2D eigenvalue weighted by Gasteiger charge is 2.16. The molecule has 0 unspecified atom stereocenters. The highest BCUT2D eigenvalue weighted by Crippen LogP contribution is 2.39. The molecular weight excluding hydrogens is 406 g/mol. The van der Waals surface area contributed by atoms with Crippen LogP contribution in [0.25, 0.3) is 21.3 Å². The molecule has 0 saturated carbocycles. The molecule has 0 atom stereocenters. The van der Waals surface area contributed by atoms with Crippen molar-refractivity contribution < 1.29 is 9.53 Å². The second-order valence-electron chi connectivity index (χ2n) is 6.95. The minimum absolute atomic E-state index is 0.190. The monoisotopic (exact) mass is 429 g/mol. The fourth-order valence-corrected chi connectivity index (χ4v) is 4.32. The van der Waals surface area contributed by atoms with E-state index in [2.05, 4.69) is 34.3 Å². The van der Waals surface area contributed by atoms with Gasteiger partial charge in [0.25, 0.3) is 5.91 Å². The number of hydrogen-bond acceptors (Lipinski definition) is 5. The zero-order valence-corrected chi connectivity index (χ0v) is 18.0. The fourth-order valence-electron chi connectivity index (χ4n) is 3.31. The first-order valence-electron chi connectivity index (χ1n) is 9.94. The summed E-state index contributed by atoms with van der Waals surface area (Å²) in [4.78, 5) is 17.4. The predicted molar refractivity (Wildman–Crippen MR) is 128 cm³/mol. The largest absolute Gasteiger partial charge is 0.494 e. The number of hydrogen-bond donors (Lipinski definition) is 2. The number of nitrogens with one attached hydrogen (secondary N) is 2. The Labute approximate surface area is 185 Å². The quantitative estimate of drug-likeness (QED) is 0.287. The van der Waals surface area contributed by atoms with Crippen molar-refractivity contribution in [1.29, 1.82) is 0 Å². The number of thiazole rings is 1. The Hall–Kier alpha value is -3.48. The van der Waals surface area contributed by atoms with Gasteiger partial charge in [0.2, 0.25) is 0 Å². The average molecular weight is 430 g/mol. The summed E-state index contributed by atoms with van der Waals surface area (Å²) in [6.45, 7) is 5.16. The summed E-state index contributed by atoms with van der Waals surface area (Å²) in [5.41, 5.74) is 4.59. The van der Waals surface area contributed by atoms with Crippen LogP contribution in [0.5, 0.6) is 5.75 Å². The molecule has 31 heavy (non-hydrogen) atoms. The van der Waals surface area contributed by atoms with E-state index in [0.29, 0.717) is 16.4 Å². The van der Waals surface area contributed by atoms with Gasteiger partial charge in [-0.3, -0.25) is 10.1 Å². The van der Waals surface area contributed by atoms with E-state index in [1.807, 2.05) is 60.7 Å². The molecule has 2 N–H and O–H groups in total. The lowest BCUT2D eigenvalue weighted by Crippen LogP contribution is -2.14. The second-order valence-corrected chi connectivity index (χ2v) is 7.95. The van der Waals surface area contributed by atoms with Crippen LogP contribution in [0.1, 0.15) is 15.9 Å². The van der Waals surface area contributed by atoms with Gasteiger partial charge >= 0.3 is 0 Å². The minimum atomic E-state index is -0.190. The number of methoxy groups -OCH3 is 1. The summed E-state index contributed by atoms with van der Waals surface area (Å²) >= 11 is 1.45. The number of carbonyl (C=O) groups excluding carboxylic acids is 1. The van der Waals surface area contributed by atoms with Crippen LogP contribution in [0.15, 0.2) is 79.4 Å². The van der Waals surface area contributed by atoms with Gasteiger partial charge in [-0.1, -0.05) is 59.9 Å². The van der Waals surface area contributed by atoms with Crippen LogP contribution < -0.4 is 15.4 Å². The fraction of sp³-hybridized carbons (Fsp3) is 0.120. The summed E-state index contributed by atoms with van der Waals surface area (Å²) < 4.78 is 6.47. The van der Waals surface area contributed by atoms with Crippen LogP contribution in [0.4, 0.5) is 5.13 Å². The summed E-state index contributed by atoms with van der Waals surface area (Å²) in [5, 5.41) is 6.72. The number of aromatic nitrogens is 1. The van der Waals surface area contributed by atoms with Crippen LogP contribution >= 0.6 is 11.3 Å². The summed E-state index contributed by atoms with van der Waals surface area (Å²) in [6, 6.07) is 21.6. The molecule has 4 rings (SSSR count). The first-order valence-corrected chi connectivity index (χ1v) is 10.8. The summed E-state index contributed by atoms with van der Waals surface area (Å²) in [6.07, 6.45) is 1.82. The number of anilines is 1. The van der Waals surface area contributed by atoms with Crippen molar-refractivity contribution in [3.63, 3.8) is 0 Å². The Morgan fingerprint density at radius 1 is 1.10 bits per heavy atom. The molecule has 0 radical (unpaired) electrons. The SMILES string of the molecule is C=CCNCc1ccc(C(=O)Nc2nc3c(OC)ccc(-c4ccccc4)c3s2)cc1. The van der Waals surface area contributed by atoms with Gasteiger partial charge < -0.3 is 10.1 Å². The number of benzene rings is 3. The maximum atomic E-state index is 12.8. The molecule has 0 aliphatic carbocycles. The lowest BCUT2D eigenvalue weighted by atomic mass is 10.1. The molecule has 6 heteroatoms.